The Kier molecular flexibility index (Phi) is 8.16. The maximum absolute atomic E-state index is 13.4. The van der Waals surface area contributed by atoms with Gasteiger partial charge >= 0.3 is 0 Å². The Bertz CT molecular complexity index is 789. The van der Waals surface area contributed by atoms with Crippen LogP contribution in [0.15, 0.2) is 41.0 Å². The fourth-order valence-electron chi connectivity index (χ4n) is 3.12. The summed E-state index contributed by atoms with van der Waals surface area (Å²) in [5, 5.41) is -0.427. The molecule has 1 aromatic rings. The first-order chi connectivity index (χ1) is 13.4. The van der Waals surface area contributed by atoms with E-state index in [4.69, 9.17) is 9.16 Å². The molecule has 0 saturated carbocycles. The van der Waals surface area contributed by atoms with Crippen LogP contribution in [0.1, 0.15) is 58.4 Å². The van der Waals surface area contributed by atoms with Gasteiger partial charge in [-0.3, -0.25) is 0 Å². The van der Waals surface area contributed by atoms with E-state index in [1.54, 1.807) is 12.1 Å². The van der Waals surface area contributed by atoms with Gasteiger partial charge in [0.15, 0.2) is 18.2 Å². The smallest absolute Gasteiger partial charge is 0.191 e. The highest BCUT2D eigenvalue weighted by Crippen LogP contribution is 2.36. The Balaban J connectivity index is 2.06. The van der Waals surface area contributed by atoms with Gasteiger partial charge in [0.25, 0.3) is 0 Å². The molecule has 6 heteroatoms. The Morgan fingerprint density at radius 3 is 2.34 bits per heavy atom. The molecule has 164 valence electrons. The van der Waals surface area contributed by atoms with Gasteiger partial charge in [-0.25, -0.2) is 8.42 Å². The van der Waals surface area contributed by atoms with Crippen molar-refractivity contribution in [3.8, 4) is 0 Å². The van der Waals surface area contributed by atoms with E-state index in [0.717, 1.165) is 31.2 Å². The van der Waals surface area contributed by atoms with Gasteiger partial charge in [0.05, 0.1) is 11.5 Å². The summed E-state index contributed by atoms with van der Waals surface area (Å²) < 4.78 is 38.7. The van der Waals surface area contributed by atoms with Crippen molar-refractivity contribution in [1.82, 2.24) is 0 Å². The molecule has 1 aliphatic heterocycles. The zero-order chi connectivity index (χ0) is 21.7. The average Bonchev–Trinajstić information content (AvgIpc) is 2.64. The summed E-state index contributed by atoms with van der Waals surface area (Å²) in [6.45, 7) is 14.4. The molecule has 1 atom stereocenters. The van der Waals surface area contributed by atoms with E-state index < -0.39 is 23.4 Å². The van der Waals surface area contributed by atoms with E-state index in [1.807, 2.05) is 25.1 Å². The normalized spacial score (nSPS) is 16.8. The van der Waals surface area contributed by atoms with Crippen molar-refractivity contribution < 1.29 is 17.6 Å². The molecule has 1 aliphatic rings. The number of sulfone groups is 1. The molecule has 0 fully saturated rings. The van der Waals surface area contributed by atoms with Crippen LogP contribution in [0.3, 0.4) is 0 Å². The zero-order valence-electron chi connectivity index (χ0n) is 19.0. The van der Waals surface area contributed by atoms with E-state index in [-0.39, 0.29) is 5.04 Å². The van der Waals surface area contributed by atoms with Crippen molar-refractivity contribution >= 4 is 18.2 Å². The van der Waals surface area contributed by atoms with Crippen LogP contribution in [-0.4, -0.2) is 35.2 Å². The lowest BCUT2D eigenvalue weighted by Gasteiger charge is -2.36. The van der Waals surface area contributed by atoms with Gasteiger partial charge in [0.1, 0.15) is 11.0 Å². The molecule has 0 N–H and O–H groups in total. The Morgan fingerprint density at radius 2 is 1.79 bits per heavy atom. The Labute approximate surface area is 178 Å². The van der Waals surface area contributed by atoms with E-state index in [0.29, 0.717) is 30.3 Å². The summed E-state index contributed by atoms with van der Waals surface area (Å²) in [4.78, 5) is 0.376. The molecule has 0 saturated heterocycles. The number of ether oxygens (including phenoxy) is 1. The summed E-state index contributed by atoms with van der Waals surface area (Å²) in [7, 11) is -5.25. The van der Waals surface area contributed by atoms with Gasteiger partial charge in [-0.2, -0.15) is 0 Å². The summed E-state index contributed by atoms with van der Waals surface area (Å²) in [6.07, 6.45) is 6.00. The molecule has 29 heavy (non-hydrogen) atoms. The number of aryl methyl sites for hydroxylation is 1. The van der Waals surface area contributed by atoms with Gasteiger partial charge in [0, 0.05) is 6.61 Å². The monoisotopic (exact) mass is 438 g/mol. The van der Waals surface area contributed by atoms with Crippen LogP contribution in [0.2, 0.25) is 18.1 Å². The Morgan fingerprint density at radius 1 is 1.14 bits per heavy atom. The van der Waals surface area contributed by atoms with Crippen molar-refractivity contribution in [1.29, 1.82) is 0 Å². The number of benzene rings is 1. The molecular formula is C23H38O4SSi. The van der Waals surface area contributed by atoms with E-state index >= 15 is 0 Å². The third-order valence-electron chi connectivity index (χ3n) is 6.13. The first kappa shape index (κ1) is 24.2. The van der Waals surface area contributed by atoms with Crippen molar-refractivity contribution in [2.75, 3.05) is 13.2 Å². The largest absolute Gasteiger partial charge is 0.497 e. The molecule has 1 heterocycles. The third-order valence-corrected chi connectivity index (χ3v) is 12.8. The lowest BCUT2D eigenvalue weighted by atomic mass is 10.1. The lowest BCUT2D eigenvalue weighted by molar-refractivity contribution is 0.182. The standard InChI is InChI=1S/C23H38O4SSi/c1-19-13-15-20(16-14-19)28(24,25)22(21-11-7-9-17-26-21)12-8-10-18-27-29(5,6)23(2,3)4/h11,13-16,22H,7-10,12,17-18H2,1-6H3. The topological polar surface area (TPSA) is 52.6 Å². The van der Waals surface area contributed by atoms with Crippen molar-refractivity contribution in [2.45, 2.75) is 88.1 Å². The first-order valence-electron chi connectivity index (χ1n) is 10.7. The molecule has 0 spiro atoms. The SMILES string of the molecule is Cc1ccc(S(=O)(=O)C(CCCCO[Si](C)(C)C(C)(C)C)C2=CCCCO2)cc1. The fourth-order valence-corrected chi connectivity index (χ4v) is 6.00. The van der Waals surface area contributed by atoms with Gasteiger partial charge in [0.2, 0.25) is 0 Å². The summed E-state index contributed by atoms with van der Waals surface area (Å²) >= 11 is 0. The number of allylic oxidation sites excluding steroid dienone is 1. The molecule has 0 aromatic heterocycles. The van der Waals surface area contributed by atoms with Crippen LogP contribution in [0.4, 0.5) is 0 Å². The van der Waals surface area contributed by atoms with Crippen LogP contribution in [0, 0.1) is 6.92 Å². The highest BCUT2D eigenvalue weighted by Gasteiger charge is 2.37. The second-order valence-electron chi connectivity index (χ2n) is 9.55. The fraction of sp³-hybridized carbons (Fsp3) is 0.652. The van der Waals surface area contributed by atoms with Crippen LogP contribution in [0.5, 0.6) is 0 Å². The van der Waals surface area contributed by atoms with Gasteiger partial charge in [-0.1, -0.05) is 38.5 Å². The van der Waals surface area contributed by atoms with Crippen LogP contribution < -0.4 is 0 Å². The van der Waals surface area contributed by atoms with Gasteiger partial charge in [-0.15, -0.1) is 0 Å². The minimum atomic E-state index is -3.48. The molecular weight excluding hydrogens is 400 g/mol. The first-order valence-corrected chi connectivity index (χ1v) is 15.2. The maximum Gasteiger partial charge on any atom is 0.191 e. The molecule has 0 aliphatic carbocycles. The number of hydrogen-bond donors (Lipinski definition) is 0. The quantitative estimate of drug-likeness (QED) is 0.349. The highest BCUT2D eigenvalue weighted by atomic mass is 32.2. The second kappa shape index (κ2) is 9.80. The van der Waals surface area contributed by atoms with Crippen LogP contribution in [0.25, 0.3) is 0 Å². The second-order valence-corrected chi connectivity index (χ2v) is 16.5. The minimum Gasteiger partial charge on any atom is -0.497 e. The van der Waals surface area contributed by atoms with Crippen LogP contribution >= 0.6 is 0 Å². The van der Waals surface area contributed by atoms with Crippen LogP contribution in [-0.2, 0) is 19.0 Å². The Hall–Kier alpha value is -1.11. The predicted molar refractivity (Wildman–Crippen MR) is 122 cm³/mol. The zero-order valence-corrected chi connectivity index (χ0v) is 20.8. The molecule has 4 nitrogen and oxygen atoms in total. The lowest BCUT2D eigenvalue weighted by Crippen LogP contribution is -2.41. The number of hydrogen-bond acceptors (Lipinski definition) is 4. The molecule has 0 amide bonds. The highest BCUT2D eigenvalue weighted by molar-refractivity contribution is 7.92. The molecule has 0 radical (unpaired) electrons. The summed E-state index contributed by atoms with van der Waals surface area (Å²) in [6, 6.07) is 7.13. The minimum absolute atomic E-state index is 0.186. The van der Waals surface area contributed by atoms with E-state index in [9.17, 15) is 8.42 Å². The van der Waals surface area contributed by atoms with Gasteiger partial charge < -0.3 is 9.16 Å². The van der Waals surface area contributed by atoms with E-state index in [1.165, 1.54) is 0 Å². The predicted octanol–water partition coefficient (Wildman–Crippen LogP) is 6.02. The summed E-state index contributed by atoms with van der Waals surface area (Å²) in [5.74, 6) is 0.627. The number of unbranched alkanes of at least 4 members (excludes halogenated alkanes) is 1. The van der Waals surface area contributed by atoms with Crippen molar-refractivity contribution in [2.24, 2.45) is 0 Å². The van der Waals surface area contributed by atoms with Crippen molar-refractivity contribution in [3.63, 3.8) is 0 Å². The third kappa shape index (κ3) is 6.43. The number of rotatable bonds is 9. The summed E-state index contributed by atoms with van der Waals surface area (Å²) in [5.41, 5.74) is 1.05. The maximum atomic E-state index is 13.4. The average molecular weight is 439 g/mol. The van der Waals surface area contributed by atoms with Gasteiger partial charge in [-0.05, 0) is 75.4 Å². The molecule has 1 aromatic carbocycles. The van der Waals surface area contributed by atoms with Crippen molar-refractivity contribution in [3.05, 3.63) is 41.7 Å². The van der Waals surface area contributed by atoms with E-state index in [2.05, 4.69) is 33.9 Å². The molecule has 0 bridgehead atoms. The molecule has 2 rings (SSSR count). The molecule has 1 unspecified atom stereocenters.